The summed E-state index contributed by atoms with van der Waals surface area (Å²) in [5.41, 5.74) is 1.12. The van der Waals surface area contributed by atoms with E-state index in [0.717, 1.165) is 0 Å². The molecule has 0 atom stereocenters. The molecule has 1 heterocycles. The predicted octanol–water partition coefficient (Wildman–Crippen LogP) is 3.85. The number of aromatic nitrogens is 3. The number of hydrogen-bond donors (Lipinski definition) is 1. The van der Waals surface area contributed by atoms with Gasteiger partial charge in [0.2, 0.25) is 0 Å². The van der Waals surface area contributed by atoms with Crippen LogP contribution in [-0.2, 0) is 6.54 Å². The molecular weight excluding hydrogens is 379 g/mol. The second-order valence-corrected chi connectivity index (χ2v) is 7.84. The summed E-state index contributed by atoms with van der Waals surface area (Å²) in [5.74, 6) is 0.614. The van der Waals surface area contributed by atoms with Crippen LogP contribution in [0.25, 0.3) is 5.69 Å². The molecule has 28 heavy (non-hydrogen) atoms. The monoisotopic (exact) mass is 400 g/mol. The van der Waals surface area contributed by atoms with Crippen molar-refractivity contribution in [1.29, 1.82) is 0 Å². The third-order valence-corrected chi connectivity index (χ3v) is 4.81. The van der Waals surface area contributed by atoms with E-state index in [4.69, 9.17) is 4.74 Å². The predicted molar refractivity (Wildman–Crippen MR) is 106 cm³/mol. The third-order valence-electron chi connectivity index (χ3n) is 3.87. The number of carbonyl (C=O) groups excluding carboxylic acids is 1. The highest BCUT2D eigenvalue weighted by molar-refractivity contribution is 7.99. The third kappa shape index (κ3) is 4.69. The fraction of sp³-hybridized carbons (Fsp3) is 0.250. The molecule has 6 nitrogen and oxygen atoms in total. The molecule has 0 saturated carbocycles. The van der Waals surface area contributed by atoms with Crippen molar-refractivity contribution in [2.24, 2.45) is 0 Å². The van der Waals surface area contributed by atoms with E-state index in [1.807, 2.05) is 13.8 Å². The van der Waals surface area contributed by atoms with Crippen LogP contribution in [0.15, 0.2) is 53.7 Å². The van der Waals surface area contributed by atoms with Gasteiger partial charge in [-0.25, -0.2) is 4.39 Å². The second kappa shape index (κ2) is 8.88. The summed E-state index contributed by atoms with van der Waals surface area (Å²) in [5, 5.41) is 12.2. The van der Waals surface area contributed by atoms with Crippen LogP contribution in [0, 0.1) is 5.82 Å². The first-order valence-electron chi connectivity index (χ1n) is 8.77. The molecule has 0 saturated heterocycles. The van der Waals surface area contributed by atoms with Crippen molar-refractivity contribution in [2.45, 2.75) is 30.8 Å². The molecule has 3 aromatic rings. The SMILES string of the molecule is COc1ccc(C(=O)NCc2nnc(SC(C)C)n2-c2cccc(F)c2)cc1. The average molecular weight is 400 g/mol. The maximum absolute atomic E-state index is 13.7. The Morgan fingerprint density at radius 2 is 1.96 bits per heavy atom. The van der Waals surface area contributed by atoms with Gasteiger partial charge < -0.3 is 10.1 Å². The topological polar surface area (TPSA) is 69.0 Å². The lowest BCUT2D eigenvalue weighted by Gasteiger charge is -2.12. The van der Waals surface area contributed by atoms with Gasteiger partial charge >= 0.3 is 0 Å². The first-order chi connectivity index (χ1) is 13.5. The normalized spacial score (nSPS) is 10.9. The molecule has 0 bridgehead atoms. The Bertz CT molecular complexity index is 957. The van der Waals surface area contributed by atoms with Crippen LogP contribution in [-0.4, -0.2) is 33.0 Å². The zero-order chi connectivity index (χ0) is 20.1. The number of ether oxygens (including phenoxy) is 1. The Balaban J connectivity index is 1.83. The van der Waals surface area contributed by atoms with Crippen LogP contribution in [0.1, 0.15) is 30.0 Å². The molecule has 2 aromatic carbocycles. The number of thioether (sulfide) groups is 1. The van der Waals surface area contributed by atoms with Gasteiger partial charge in [-0.05, 0) is 42.5 Å². The highest BCUT2D eigenvalue weighted by atomic mass is 32.2. The Morgan fingerprint density at radius 3 is 2.61 bits per heavy atom. The number of rotatable bonds is 7. The first kappa shape index (κ1) is 19.9. The Labute approximate surface area is 167 Å². The fourth-order valence-corrected chi connectivity index (χ4v) is 3.41. The molecular formula is C20H21FN4O2S. The molecule has 0 radical (unpaired) electrons. The van der Waals surface area contributed by atoms with Crippen molar-refractivity contribution in [3.63, 3.8) is 0 Å². The standard InChI is InChI=1S/C20H21FN4O2S/c1-13(2)28-20-24-23-18(25(20)16-6-4-5-15(21)11-16)12-22-19(26)14-7-9-17(27-3)10-8-14/h4-11,13H,12H2,1-3H3,(H,22,26). The number of nitrogens with one attached hydrogen (secondary N) is 1. The number of nitrogens with zero attached hydrogens (tertiary/aromatic N) is 3. The lowest BCUT2D eigenvalue weighted by molar-refractivity contribution is 0.0949. The highest BCUT2D eigenvalue weighted by Gasteiger charge is 2.17. The molecule has 1 aromatic heterocycles. The van der Waals surface area contributed by atoms with Crippen molar-refractivity contribution in [2.75, 3.05) is 7.11 Å². The van der Waals surface area contributed by atoms with E-state index < -0.39 is 0 Å². The molecule has 0 aliphatic rings. The summed E-state index contributed by atoms with van der Waals surface area (Å²) in [4.78, 5) is 12.4. The summed E-state index contributed by atoms with van der Waals surface area (Å²) in [6, 6.07) is 13.0. The molecule has 0 fully saturated rings. The summed E-state index contributed by atoms with van der Waals surface area (Å²) in [6.45, 7) is 4.24. The minimum atomic E-state index is -0.347. The molecule has 146 valence electrons. The van der Waals surface area contributed by atoms with Gasteiger partial charge in [-0.1, -0.05) is 31.7 Å². The van der Waals surface area contributed by atoms with Gasteiger partial charge in [-0.3, -0.25) is 9.36 Å². The zero-order valence-electron chi connectivity index (χ0n) is 15.8. The number of methoxy groups -OCH3 is 1. The van der Waals surface area contributed by atoms with Crippen LogP contribution < -0.4 is 10.1 Å². The molecule has 3 rings (SSSR count). The average Bonchev–Trinajstić information content (AvgIpc) is 3.08. The largest absolute Gasteiger partial charge is 0.497 e. The van der Waals surface area contributed by atoms with E-state index in [9.17, 15) is 9.18 Å². The van der Waals surface area contributed by atoms with E-state index in [0.29, 0.717) is 28.0 Å². The molecule has 0 spiro atoms. The maximum atomic E-state index is 13.7. The van der Waals surface area contributed by atoms with Crippen molar-refractivity contribution in [1.82, 2.24) is 20.1 Å². The van der Waals surface area contributed by atoms with Crippen LogP contribution >= 0.6 is 11.8 Å². The lowest BCUT2D eigenvalue weighted by Crippen LogP contribution is -2.24. The van der Waals surface area contributed by atoms with Gasteiger partial charge in [0.25, 0.3) is 5.91 Å². The summed E-state index contributed by atoms with van der Waals surface area (Å²) in [7, 11) is 1.57. The Hall–Kier alpha value is -2.87. The highest BCUT2D eigenvalue weighted by Crippen LogP contribution is 2.25. The Morgan fingerprint density at radius 1 is 1.21 bits per heavy atom. The minimum Gasteiger partial charge on any atom is -0.497 e. The number of amides is 1. The first-order valence-corrected chi connectivity index (χ1v) is 9.65. The lowest BCUT2D eigenvalue weighted by atomic mass is 10.2. The van der Waals surface area contributed by atoms with E-state index in [-0.39, 0.29) is 23.5 Å². The molecule has 8 heteroatoms. The van der Waals surface area contributed by atoms with Crippen molar-refractivity contribution in [3.8, 4) is 11.4 Å². The van der Waals surface area contributed by atoms with Gasteiger partial charge in [-0.15, -0.1) is 10.2 Å². The Kier molecular flexibility index (Phi) is 6.30. The van der Waals surface area contributed by atoms with E-state index in [1.54, 1.807) is 48.1 Å². The van der Waals surface area contributed by atoms with Crippen molar-refractivity contribution < 1.29 is 13.9 Å². The van der Waals surface area contributed by atoms with E-state index in [1.165, 1.54) is 23.9 Å². The van der Waals surface area contributed by atoms with Gasteiger partial charge in [0.1, 0.15) is 11.6 Å². The van der Waals surface area contributed by atoms with Gasteiger partial charge in [0.15, 0.2) is 11.0 Å². The van der Waals surface area contributed by atoms with Crippen LogP contribution in [0.4, 0.5) is 4.39 Å². The van der Waals surface area contributed by atoms with Crippen LogP contribution in [0.5, 0.6) is 5.75 Å². The zero-order valence-corrected chi connectivity index (χ0v) is 16.7. The van der Waals surface area contributed by atoms with Gasteiger partial charge in [0, 0.05) is 10.8 Å². The summed E-state index contributed by atoms with van der Waals surface area (Å²) in [6.07, 6.45) is 0. The molecule has 0 unspecified atom stereocenters. The number of hydrogen-bond acceptors (Lipinski definition) is 5. The molecule has 1 amide bonds. The fourth-order valence-electron chi connectivity index (χ4n) is 2.58. The number of halogens is 1. The maximum Gasteiger partial charge on any atom is 0.251 e. The smallest absolute Gasteiger partial charge is 0.251 e. The molecule has 0 aliphatic carbocycles. The minimum absolute atomic E-state index is 0.160. The van der Waals surface area contributed by atoms with E-state index in [2.05, 4.69) is 15.5 Å². The van der Waals surface area contributed by atoms with Crippen molar-refractivity contribution >= 4 is 17.7 Å². The second-order valence-electron chi connectivity index (χ2n) is 6.29. The number of benzene rings is 2. The van der Waals surface area contributed by atoms with Gasteiger partial charge in [0.05, 0.1) is 19.3 Å². The van der Waals surface area contributed by atoms with E-state index >= 15 is 0 Å². The molecule has 1 N–H and O–H groups in total. The van der Waals surface area contributed by atoms with Gasteiger partial charge in [-0.2, -0.15) is 0 Å². The quantitative estimate of drug-likeness (QED) is 0.610. The van der Waals surface area contributed by atoms with Crippen LogP contribution in [0.2, 0.25) is 0 Å². The van der Waals surface area contributed by atoms with Crippen LogP contribution in [0.3, 0.4) is 0 Å². The summed E-state index contributed by atoms with van der Waals surface area (Å²) < 4.78 is 20.6. The van der Waals surface area contributed by atoms with Crippen molar-refractivity contribution in [3.05, 3.63) is 65.7 Å². The summed E-state index contributed by atoms with van der Waals surface area (Å²) >= 11 is 1.52. The molecule has 0 aliphatic heterocycles. The number of carbonyl (C=O) groups is 1.